The van der Waals surface area contributed by atoms with Gasteiger partial charge in [0.05, 0.1) is 12.9 Å². The van der Waals surface area contributed by atoms with Gasteiger partial charge in [-0.1, -0.05) is 43.6 Å². The summed E-state index contributed by atoms with van der Waals surface area (Å²) in [7, 11) is -0.176. The first-order valence-electron chi connectivity index (χ1n) is 14.3. The molecule has 3 unspecified atom stereocenters. The Hall–Kier alpha value is -2.73. The molecule has 2 N–H and O–H groups in total. The summed E-state index contributed by atoms with van der Waals surface area (Å²) in [5.41, 5.74) is 1.35. The summed E-state index contributed by atoms with van der Waals surface area (Å²) >= 11 is 6.09. The molecule has 9 nitrogen and oxygen atoms in total. The molecule has 2 saturated heterocycles. The average Bonchev–Trinajstić information content (AvgIpc) is 3.07. The highest BCUT2D eigenvalue weighted by Gasteiger charge is 2.40. The van der Waals surface area contributed by atoms with E-state index in [0.717, 1.165) is 12.0 Å². The Morgan fingerprint density at radius 2 is 1.86 bits per heavy atom. The summed E-state index contributed by atoms with van der Waals surface area (Å²) in [4.78, 5) is 28.3. The third-order valence-electron chi connectivity index (χ3n) is 8.39. The highest BCUT2D eigenvalue weighted by Crippen LogP contribution is 2.32. The second-order valence-electron chi connectivity index (χ2n) is 11.5. The lowest BCUT2D eigenvalue weighted by atomic mass is 9.82. The van der Waals surface area contributed by atoms with Crippen molar-refractivity contribution >= 4 is 39.3 Å². The molecule has 2 aliphatic heterocycles. The Balaban J connectivity index is 1.59. The number of carbonyl (C=O) groups is 2. The number of benzene rings is 2. The van der Waals surface area contributed by atoms with Gasteiger partial charge < -0.3 is 20.3 Å². The molecule has 12 heteroatoms. The largest absolute Gasteiger partial charge is 0.453 e. The number of amides is 2. The Bertz CT molecular complexity index is 1370. The predicted octanol–water partition coefficient (Wildman–Crippen LogP) is 4.62. The fourth-order valence-corrected chi connectivity index (χ4v) is 8.10. The monoisotopic (exact) mass is 622 g/mol. The number of sulfonamides is 1. The van der Waals surface area contributed by atoms with Crippen LogP contribution in [-0.2, 0) is 26.0 Å². The number of nitrogens with one attached hydrogen (secondary N) is 2. The number of fused-ring (bicyclic) bond motifs is 2. The number of carbonyl (C=O) groups excluding carboxylic acids is 2. The Morgan fingerprint density at radius 3 is 2.52 bits per heavy atom. The lowest BCUT2D eigenvalue weighted by Crippen LogP contribution is -2.57. The zero-order valence-electron chi connectivity index (χ0n) is 24.5. The zero-order chi connectivity index (χ0) is 30.6. The van der Waals surface area contributed by atoms with Crippen molar-refractivity contribution in [2.75, 3.05) is 38.3 Å². The van der Waals surface area contributed by atoms with E-state index in [0.29, 0.717) is 31.0 Å². The second-order valence-corrected chi connectivity index (χ2v) is 14.0. The van der Waals surface area contributed by atoms with Gasteiger partial charge >= 0.3 is 6.09 Å². The standard InChI is InChI=1S/C30H40ClFN4O5S/c1-19(2)27(20-10-12-21(31)13-11-20)28(34-30(38)41-4)29(37)33-26-9-5-8-25(32)24(26)15-14-23-17-35(3)22-7-6-16-42(39,40)36(23)18-22/h5,8-13,19,22-23,27-28H,6-7,14-18H2,1-4H3,(H,33,37)(H,34,38)/t22?,23?,27-,28+/m1/s1. The third-order valence-corrected chi connectivity index (χ3v) is 10.6. The van der Waals surface area contributed by atoms with Gasteiger partial charge in [-0.05, 0) is 68.5 Å². The van der Waals surface area contributed by atoms with Gasteiger partial charge in [-0.3, -0.25) is 4.79 Å². The van der Waals surface area contributed by atoms with Gasteiger partial charge in [0, 0.05) is 47.4 Å². The fourth-order valence-electron chi connectivity index (χ4n) is 6.18. The minimum Gasteiger partial charge on any atom is -0.453 e. The fraction of sp³-hybridized carbons (Fsp3) is 0.533. The van der Waals surface area contributed by atoms with Crippen LogP contribution in [0.3, 0.4) is 0 Å². The highest BCUT2D eigenvalue weighted by atomic mass is 35.5. The van der Waals surface area contributed by atoms with Crippen LogP contribution in [0.1, 0.15) is 50.2 Å². The number of methoxy groups -OCH3 is 1. The van der Waals surface area contributed by atoms with E-state index in [1.54, 1.807) is 22.5 Å². The first kappa shape index (κ1) is 32.2. The minimum atomic E-state index is -3.40. The molecule has 5 atom stereocenters. The SMILES string of the molecule is COC(=O)N[C@H](C(=O)Nc1cccc(F)c1CCC1CN(C)C2CCCS(=O)(=O)N1C2)[C@@H](c1ccc(Cl)cc1)C(C)C. The number of halogens is 2. The molecule has 2 heterocycles. The molecule has 2 aromatic rings. The number of alkyl carbamates (subject to hydrolysis) is 1. The van der Waals surface area contributed by atoms with Crippen molar-refractivity contribution in [3.8, 4) is 0 Å². The van der Waals surface area contributed by atoms with E-state index in [2.05, 4.69) is 15.5 Å². The van der Waals surface area contributed by atoms with E-state index in [1.165, 1.54) is 19.2 Å². The average molecular weight is 623 g/mol. The molecule has 0 spiro atoms. The number of anilines is 1. The maximum absolute atomic E-state index is 15.3. The van der Waals surface area contributed by atoms with Crippen LogP contribution >= 0.6 is 11.6 Å². The molecule has 4 rings (SSSR count). The summed E-state index contributed by atoms with van der Waals surface area (Å²) < 4.78 is 47.6. The van der Waals surface area contributed by atoms with Gasteiger partial charge in [-0.15, -0.1) is 0 Å². The maximum Gasteiger partial charge on any atom is 0.407 e. The van der Waals surface area contributed by atoms with Crippen molar-refractivity contribution < 1.29 is 27.1 Å². The Labute approximate surface area is 252 Å². The Morgan fingerprint density at radius 1 is 1.14 bits per heavy atom. The summed E-state index contributed by atoms with van der Waals surface area (Å²) in [6.07, 6.45) is 1.29. The molecular formula is C30H40ClFN4O5S. The first-order chi connectivity index (χ1) is 19.9. The van der Waals surface area contributed by atoms with Crippen LogP contribution in [0.25, 0.3) is 0 Å². The van der Waals surface area contributed by atoms with Crippen molar-refractivity contribution in [2.45, 2.75) is 63.6 Å². The number of ether oxygens (including phenoxy) is 1. The number of nitrogens with zero attached hydrogens (tertiary/aromatic N) is 2. The predicted molar refractivity (Wildman–Crippen MR) is 162 cm³/mol. The topological polar surface area (TPSA) is 108 Å². The normalized spacial score (nSPS) is 23.5. The summed E-state index contributed by atoms with van der Waals surface area (Å²) in [5, 5.41) is 6.05. The van der Waals surface area contributed by atoms with Crippen LogP contribution in [-0.4, -0.2) is 80.7 Å². The van der Waals surface area contributed by atoms with Crippen LogP contribution in [0.2, 0.25) is 5.02 Å². The molecule has 2 amide bonds. The van der Waals surface area contributed by atoms with E-state index < -0.39 is 39.8 Å². The van der Waals surface area contributed by atoms with Gasteiger partial charge in [0.25, 0.3) is 0 Å². The molecule has 0 radical (unpaired) electrons. The van der Waals surface area contributed by atoms with E-state index in [9.17, 15) is 18.0 Å². The van der Waals surface area contributed by atoms with Gasteiger partial charge in [0.2, 0.25) is 15.9 Å². The number of rotatable bonds is 9. The Kier molecular flexibility index (Phi) is 10.5. The molecular weight excluding hydrogens is 583 g/mol. The summed E-state index contributed by atoms with van der Waals surface area (Å²) in [5.74, 6) is -1.43. The lowest BCUT2D eigenvalue weighted by molar-refractivity contribution is -0.118. The van der Waals surface area contributed by atoms with Crippen LogP contribution < -0.4 is 10.6 Å². The maximum atomic E-state index is 15.3. The van der Waals surface area contributed by atoms with E-state index >= 15 is 4.39 Å². The van der Waals surface area contributed by atoms with Crippen molar-refractivity contribution in [3.63, 3.8) is 0 Å². The van der Waals surface area contributed by atoms with Crippen LogP contribution in [0.4, 0.5) is 14.9 Å². The molecule has 0 aromatic heterocycles. The van der Waals surface area contributed by atoms with Gasteiger partial charge in [-0.25, -0.2) is 17.6 Å². The quantitative estimate of drug-likeness (QED) is 0.423. The van der Waals surface area contributed by atoms with Gasteiger partial charge in [0.15, 0.2) is 0 Å². The van der Waals surface area contributed by atoms with E-state index in [4.69, 9.17) is 16.3 Å². The van der Waals surface area contributed by atoms with Crippen molar-refractivity contribution in [1.29, 1.82) is 0 Å². The molecule has 2 aromatic carbocycles. The molecule has 2 bridgehead atoms. The lowest BCUT2D eigenvalue weighted by Gasteiger charge is -2.42. The summed E-state index contributed by atoms with van der Waals surface area (Å²) in [6.45, 7) is 4.87. The van der Waals surface area contributed by atoms with Crippen LogP contribution in [0.5, 0.6) is 0 Å². The van der Waals surface area contributed by atoms with Gasteiger partial charge in [-0.2, -0.15) is 4.31 Å². The molecule has 2 fully saturated rings. The minimum absolute atomic E-state index is 0.0752. The van der Waals surface area contributed by atoms with Crippen molar-refractivity contribution in [1.82, 2.24) is 14.5 Å². The number of hydrogen-bond donors (Lipinski definition) is 2. The van der Waals surface area contributed by atoms with Crippen molar-refractivity contribution in [3.05, 3.63) is 64.4 Å². The third kappa shape index (κ3) is 7.42. The summed E-state index contributed by atoms with van der Waals surface area (Å²) in [6, 6.07) is 10.3. The van der Waals surface area contributed by atoms with E-state index in [-0.39, 0.29) is 41.4 Å². The highest BCUT2D eigenvalue weighted by molar-refractivity contribution is 7.89. The second kappa shape index (κ2) is 13.7. The first-order valence-corrected chi connectivity index (χ1v) is 16.3. The molecule has 0 aliphatic carbocycles. The molecule has 0 saturated carbocycles. The number of hydrogen-bond acceptors (Lipinski definition) is 6. The molecule has 42 heavy (non-hydrogen) atoms. The van der Waals surface area contributed by atoms with Gasteiger partial charge in [0.1, 0.15) is 11.9 Å². The van der Waals surface area contributed by atoms with Crippen LogP contribution in [0, 0.1) is 11.7 Å². The van der Waals surface area contributed by atoms with Crippen LogP contribution in [0.15, 0.2) is 42.5 Å². The smallest absolute Gasteiger partial charge is 0.407 e. The number of likely N-dealkylation sites (N-methyl/N-ethyl adjacent to an activating group) is 1. The number of piperazine rings is 1. The van der Waals surface area contributed by atoms with E-state index in [1.807, 2.05) is 33.0 Å². The van der Waals surface area contributed by atoms with Crippen molar-refractivity contribution in [2.24, 2.45) is 5.92 Å². The molecule has 2 aliphatic rings. The molecule has 230 valence electrons. The zero-order valence-corrected chi connectivity index (χ0v) is 26.1.